The molecule has 0 heterocycles. The zero-order valence-corrected chi connectivity index (χ0v) is 9.76. The van der Waals surface area contributed by atoms with Crippen LogP contribution >= 0.6 is 22.6 Å². The molecular formula is C8H16INO2. The van der Waals surface area contributed by atoms with E-state index in [2.05, 4.69) is 27.9 Å². The molecule has 0 fully saturated rings. The Bertz CT molecular complexity index is 128. The predicted octanol–water partition coefficient (Wildman–Crippen LogP) is 1.35. The molecule has 0 aliphatic heterocycles. The molecule has 0 atom stereocenters. The minimum Gasteiger partial charge on any atom is -0.381 e. The maximum Gasteiger partial charge on any atom is 0.207 e. The van der Waals surface area contributed by atoms with Crippen LogP contribution in [0.2, 0.25) is 0 Å². The van der Waals surface area contributed by atoms with Crippen LogP contribution in [-0.4, -0.2) is 29.6 Å². The topological polar surface area (TPSA) is 38.3 Å². The van der Waals surface area contributed by atoms with Crippen LogP contribution in [-0.2, 0) is 9.53 Å². The number of amides is 1. The van der Waals surface area contributed by atoms with Crippen molar-refractivity contribution in [1.82, 2.24) is 5.32 Å². The first-order chi connectivity index (χ1) is 5.62. The molecule has 0 aromatic carbocycles. The van der Waals surface area contributed by atoms with Gasteiger partial charge in [-0.1, -0.05) is 22.6 Å². The van der Waals surface area contributed by atoms with E-state index in [1.54, 1.807) is 0 Å². The van der Waals surface area contributed by atoms with Gasteiger partial charge in [0.15, 0.2) is 0 Å². The fourth-order valence-corrected chi connectivity index (χ4v) is 1.03. The third-order valence-electron chi connectivity index (χ3n) is 1.54. The average molecular weight is 285 g/mol. The van der Waals surface area contributed by atoms with Gasteiger partial charge >= 0.3 is 0 Å². The Morgan fingerprint density at radius 2 is 2.17 bits per heavy atom. The first-order valence-electron chi connectivity index (χ1n) is 3.97. The van der Waals surface area contributed by atoms with E-state index < -0.39 is 0 Å². The summed E-state index contributed by atoms with van der Waals surface area (Å²) in [5.41, 5.74) is -0.146. The van der Waals surface area contributed by atoms with Gasteiger partial charge in [-0.25, -0.2) is 0 Å². The molecule has 12 heavy (non-hydrogen) atoms. The number of hydrogen-bond donors (Lipinski definition) is 1. The van der Waals surface area contributed by atoms with Gasteiger partial charge in [0.25, 0.3) is 0 Å². The molecule has 0 saturated heterocycles. The Morgan fingerprint density at radius 3 is 2.67 bits per heavy atom. The van der Waals surface area contributed by atoms with Crippen LogP contribution in [0.5, 0.6) is 0 Å². The molecule has 0 aliphatic rings. The number of ether oxygens (including phenoxy) is 1. The van der Waals surface area contributed by atoms with Crippen LogP contribution in [0.1, 0.15) is 20.3 Å². The molecule has 0 rings (SSSR count). The highest BCUT2D eigenvalue weighted by molar-refractivity contribution is 14.1. The van der Waals surface area contributed by atoms with Gasteiger partial charge in [-0.3, -0.25) is 4.79 Å². The van der Waals surface area contributed by atoms with E-state index >= 15 is 0 Å². The Labute approximate surface area is 87.4 Å². The molecule has 3 nitrogen and oxygen atoms in total. The third kappa shape index (κ3) is 6.84. The number of halogens is 1. The lowest BCUT2D eigenvalue weighted by molar-refractivity contribution is -0.111. The molecule has 0 unspecified atom stereocenters. The van der Waals surface area contributed by atoms with Crippen LogP contribution in [0.25, 0.3) is 0 Å². The Balaban J connectivity index is 3.39. The van der Waals surface area contributed by atoms with Crippen LogP contribution in [0, 0.1) is 0 Å². The van der Waals surface area contributed by atoms with E-state index in [0.717, 1.165) is 23.9 Å². The van der Waals surface area contributed by atoms with Gasteiger partial charge in [0.1, 0.15) is 0 Å². The molecule has 72 valence electrons. The molecule has 0 aliphatic carbocycles. The summed E-state index contributed by atoms with van der Waals surface area (Å²) < 4.78 is 6.31. The van der Waals surface area contributed by atoms with Gasteiger partial charge < -0.3 is 10.1 Å². The third-order valence-corrected chi connectivity index (χ3v) is 1.98. The normalized spacial score (nSPS) is 11.2. The highest BCUT2D eigenvalue weighted by atomic mass is 127. The Morgan fingerprint density at radius 1 is 1.50 bits per heavy atom. The van der Waals surface area contributed by atoms with Crippen molar-refractivity contribution < 1.29 is 9.53 Å². The second kappa shape index (κ2) is 6.65. The van der Waals surface area contributed by atoms with Crippen molar-refractivity contribution in [3.63, 3.8) is 0 Å². The molecule has 0 saturated carbocycles. The zero-order chi connectivity index (χ0) is 9.45. The van der Waals surface area contributed by atoms with Gasteiger partial charge in [0, 0.05) is 16.6 Å². The van der Waals surface area contributed by atoms with Crippen molar-refractivity contribution in [1.29, 1.82) is 0 Å². The molecule has 4 heteroatoms. The highest BCUT2D eigenvalue weighted by Crippen LogP contribution is 2.06. The van der Waals surface area contributed by atoms with Gasteiger partial charge in [-0.2, -0.15) is 0 Å². The van der Waals surface area contributed by atoms with E-state index in [1.807, 2.05) is 13.8 Å². The molecular weight excluding hydrogens is 269 g/mol. The summed E-state index contributed by atoms with van der Waals surface area (Å²) in [6.45, 7) is 5.46. The summed E-state index contributed by atoms with van der Waals surface area (Å²) in [6.07, 6.45) is 1.58. The Hall–Kier alpha value is 0.160. The second-order valence-corrected chi connectivity index (χ2v) is 4.28. The van der Waals surface area contributed by atoms with E-state index in [1.165, 1.54) is 0 Å². The standard InChI is InChI=1S/C8H16INO2/c1-8(2,10-7-11)3-5-12-6-4-9/h7H,3-6H2,1-2H3,(H,10,11). The molecule has 0 aromatic heterocycles. The van der Waals surface area contributed by atoms with E-state index in [9.17, 15) is 4.79 Å². The van der Waals surface area contributed by atoms with Crippen molar-refractivity contribution in [3.8, 4) is 0 Å². The SMILES string of the molecule is CC(C)(CCOCCI)NC=O. The zero-order valence-electron chi connectivity index (χ0n) is 7.60. The first-order valence-corrected chi connectivity index (χ1v) is 5.50. The first kappa shape index (κ1) is 12.2. The highest BCUT2D eigenvalue weighted by Gasteiger charge is 2.15. The summed E-state index contributed by atoms with van der Waals surface area (Å²) in [7, 11) is 0. The van der Waals surface area contributed by atoms with Crippen molar-refractivity contribution in [2.75, 3.05) is 17.6 Å². The van der Waals surface area contributed by atoms with Crippen LogP contribution in [0.3, 0.4) is 0 Å². The van der Waals surface area contributed by atoms with Gasteiger partial charge in [0.2, 0.25) is 6.41 Å². The summed E-state index contributed by atoms with van der Waals surface area (Å²) >= 11 is 2.27. The molecule has 0 radical (unpaired) electrons. The molecule has 1 amide bonds. The van der Waals surface area contributed by atoms with Gasteiger partial charge in [-0.15, -0.1) is 0 Å². The van der Waals surface area contributed by atoms with Crippen LogP contribution in [0.4, 0.5) is 0 Å². The summed E-state index contributed by atoms with van der Waals surface area (Å²) in [4.78, 5) is 10.2. The largest absolute Gasteiger partial charge is 0.381 e. The molecule has 0 spiro atoms. The number of rotatable bonds is 7. The maximum absolute atomic E-state index is 10.2. The lowest BCUT2D eigenvalue weighted by atomic mass is 10.0. The number of nitrogens with one attached hydrogen (secondary N) is 1. The number of carbonyl (C=O) groups is 1. The lowest BCUT2D eigenvalue weighted by Crippen LogP contribution is -2.39. The monoisotopic (exact) mass is 285 g/mol. The smallest absolute Gasteiger partial charge is 0.207 e. The number of alkyl halides is 1. The van der Waals surface area contributed by atoms with Crippen molar-refractivity contribution in [2.45, 2.75) is 25.8 Å². The summed E-state index contributed by atoms with van der Waals surface area (Å²) in [5.74, 6) is 0. The second-order valence-electron chi connectivity index (χ2n) is 3.20. The number of carbonyl (C=O) groups excluding carboxylic acids is 1. The molecule has 0 aromatic rings. The van der Waals surface area contributed by atoms with E-state index in [4.69, 9.17) is 4.74 Å². The van der Waals surface area contributed by atoms with E-state index in [0.29, 0.717) is 6.61 Å². The molecule has 0 bridgehead atoms. The predicted molar refractivity (Wildman–Crippen MR) is 57.6 cm³/mol. The van der Waals surface area contributed by atoms with Crippen molar-refractivity contribution in [2.24, 2.45) is 0 Å². The fourth-order valence-electron chi connectivity index (χ4n) is 0.716. The summed E-state index contributed by atoms with van der Waals surface area (Å²) in [6, 6.07) is 0. The van der Waals surface area contributed by atoms with Crippen molar-refractivity contribution in [3.05, 3.63) is 0 Å². The minimum atomic E-state index is -0.146. The lowest BCUT2D eigenvalue weighted by Gasteiger charge is -2.23. The van der Waals surface area contributed by atoms with Crippen LogP contribution in [0.15, 0.2) is 0 Å². The summed E-state index contributed by atoms with van der Waals surface area (Å²) in [5, 5.41) is 2.74. The van der Waals surface area contributed by atoms with E-state index in [-0.39, 0.29) is 5.54 Å². The Kier molecular flexibility index (Phi) is 6.74. The van der Waals surface area contributed by atoms with Gasteiger partial charge in [0.05, 0.1) is 6.61 Å². The maximum atomic E-state index is 10.2. The van der Waals surface area contributed by atoms with Gasteiger partial charge in [-0.05, 0) is 20.3 Å². The minimum absolute atomic E-state index is 0.146. The molecule has 1 N–H and O–H groups in total. The quantitative estimate of drug-likeness (QED) is 0.332. The fraction of sp³-hybridized carbons (Fsp3) is 0.875. The number of hydrogen-bond acceptors (Lipinski definition) is 2. The van der Waals surface area contributed by atoms with Crippen LogP contribution < -0.4 is 5.32 Å². The average Bonchev–Trinajstić information content (AvgIpc) is 1.98. The van der Waals surface area contributed by atoms with Crippen molar-refractivity contribution >= 4 is 29.0 Å².